The summed E-state index contributed by atoms with van der Waals surface area (Å²) in [7, 11) is 1.28. The molecule has 0 bridgehead atoms. The summed E-state index contributed by atoms with van der Waals surface area (Å²) in [6.45, 7) is 1.48. The number of rotatable bonds is 6. The molecule has 2 rings (SSSR count). The molecule has 2 aromatic carbocycles. The molecular weight excluding hydrogens is 328 g/mol. The molecule has 1 N–H and O–H groups in total. The molecule has 1 unspecified atom stereocenters. The number of methoxy groups -OCH3 is 1. The second-order valence-corrected chi connectivity index (χ2v) is 5.04. The van der Waals surface area contributed by atoms with Crippen LogP contribution in [0.1, 0.15) is 17.3 Å². The number of ether oxygens (including phenoxy) is 2. The highest BCUT2D eigenvalue weighted by Gasteiger charge is 2.20. The number of nitro benzene ring substituents is 1. The molecule has 8 heteroatoms. The highest BCUT2D eigenvalue weighted by Crippen LogP contribution is 2.27. The first-order chi connectivity index (χ1) is 11.9. The van der Waals surface area contributed by atoms with Gasteiger partial charge in [-0.05, 0) is 37.3 Å². The molecular formula is C17H16N2O6. The molecule has 0 fully saturated rings. The lowest BCUT2D eigenvalue weighted by molar-refractivity contribution is -0.386. The molecule has 0 heterocycles. The predicted octanol–water partition coefficient (Wildman–Crippen LogP) is 2.79. The van der Waals surface area contributed by atoms with Crippen LogP contribution in [0, 0.1) is 10.1 Å². The first-order valence-electron chi connectivity index (χ1n) is 7.31. The van der Waals surface area contributed by atoms with Gasteiger partial charge in [0.05, 0.1) is 17.6 Å². The third kappa shape index (κ3) is 4.54. The zero-order chi connectivity index (χ0) is 18.4. The highest BCUT2D eigenvalue weighted by molar-refractivity contribution is 5.95. The maximum Gasteiger partial charge on any atom is 0.337 e. The summed E-state index contributed by atoms with van der Waals surface area (Å²) in [6.07, 6.45) is -0.957. The molecule has 8 nitrogen and oxygen atoms in total. The van der Waals surface area contributed by atoms with Crippen molar-refractivity contribution in [1.82, 2.24) is 0 Å². The number of hydrogen-bond acceptors (Lipinski definition) is 6. The SMILES string of the molecule is COC(=O)c1ccc(NC(=O)C(C)Oc2ccccc2[N+](=O)[O-])cc1. The summed E-state index contributed by atoms with van der Waals surface area (Å²) in [6, 6.07) is 11.9. The predicted molar refractivity (Wildman–Crippen MR) is 89.6 cm³/mol. The lowest BCUT2D eigenvalue weighted by atomic mass is 10.2. The van der Waals surface area contributed by atoms with Crippen LogP contribution in [0.2, 0.25) is 0 Å². The molecule has 1 atom stereocenters. The van der Waals surface area contributed by atoms with Crippen molar-refractivity contribution in [2.75, 3.05) is 12.4 Å². The minimum absolute atomic E-state index is 0.0104. The van der Waals surface area contributed by atoms with E-state index in [-0.39, 0.29) is 11.4 Å². The Hall–Kier alpha value is -3.42. The van der Waals surface area contributed by atoms with E-state index >= 15 is 0 Å². The van der Waals surface area contributed by atoms with Crippen molar-refractivity contribution in [2.45, 2.75) is 13.0 Å². The van der Waals surface area contributed by atoms with Crippen molar-refractivity contribution >= 4 is 23.3 Å². The number of carbonyl (C=O) groups excluding carboxylic acids is 2. The normalized spacial score (nSPS) is 11.3. The summed E-state index contributed by atoms with van der Waals surface area (Å²) in [5, 5.41) is 13.6. The smallest absolute Gasteiger partial charge is 0.337 e. The molecule has 0 aliphatic rings. The van der Waals surface area contributed by atoms with E-state index in [0.717, 1.165) is 0 Å². The summed E-state index contributed by atoms with van der Waals surface area (Å²) < 4.78 is 9.98. The van der Waals surface area contributed by atoms with Gasteiger partial charge in [-0.25, -0.2) is 4.79 Å². The van der Waals surface area contributed by atoms with E-state index in [1.807, 2.05) is 0 Å². The molecule has 0 spiro atoms. The van der Waals surface area contributed by atoms with Gasteiger partial charge >= 0.3 is 11.7 Å². The van der Waals surface area contributed by atoms with Crippen LogP contribution in [-0.2, 0) is 9.53 Å². The Balaban J connectivity index is 2.03. The molecule has 25 heavy (non-hydrogen) atoms. The third-order valence-electron chi connectivity index (χ3n) is 3.31. The van der Waals surface area contributed by atoms with Crippen LogP contribution in [0.5, 0.6) is 5.75 Å². The molecule has 0 radical (unpaired) electrons. The van der Waals surface area contributed by atoms with E-state index in [1.165, 1.54) is 44.4 Å². The Morgan fingerprint density at radius 2 is 1.76 bits per heavy atom. The van der Waals surface area contributed by atoms with Crippen LogP contribution in [0.4, 0.5) is 11.4 Å². The van der Waals surface area contributed by atoms with E-state index in [9.17, 15) is 19.7 Å². The first-order valence-corrected chi connectivity index (χ1v) is 7.31. The third-order valence-corrected chi connectivity index (χ3v) is 3.31. The molecule has 0 aromatic heterocycles. The average Bonchev–Trinajstić information content (AvgIpc) is 2.61. The number of benzene rings is 2. The number of nitrogens with one attached hydrogen (secondary N) is 1. The molecule has 2 aromatic rings. The maximum atomic E-state index is 12.2. The Bertz CT molecular complexity index is 788. The first kappa shape index (κ1) is 17.9. The van der Waals surface area contributed by atoms with Gasteiger partial charge in [0.2, 0.25) is 0 Å². The summed E-state index contributed by atoms with van der Waals surface area (Å²) in [5.74, 6) is -0.953. The molecule has 130 valence electrons. The van der Waals surface area contributed by atoms with Crippen molar-refractivity contribution in [1.29, 1.82) is 0 Å². The van der Waals surface area contributed by atoms with Crippen molar-refractivity contribution < 1.29 is 24.0 Å². The number of carbonyl (C=O) groups is 2. The second-order valence-electron chi connectivity index (χ2n) is 5.04. The van der Waals surface area contributed by atoms with E-state index in [4.69, 9.17) is 4.74 Å². The molecule has 0 aliphatic carbocycles. The zero-order valence-corrected chi connectivity index (χ0v) is 13.6. The summed E-state index contributed by atoms with van der Waals surface area (Å²) in [5.41, 5.74) is 0.588. The van der Waals surface area contributed by atoms with Gasteiger partial charge < -0.3 is 14.8 Å². The lowest BCUT2D eigenvalue weighted by Gasteiger charge is -2.14. The molecule has 0 aliphatic heterocycles. The fourth-order valence-corrected chi connectivity index (χ4v) is 2.00. The van der Waals surface area contributed by atoms with Crippen molar-refractivity contribution in [3.05, 3.63) is 64.2 Å². The number of hydrogen-bond donors (Lipinski definition) is 1. The van der Waals surface area contributed by atoms with E-state index < -0.39 is 22.9 Å². The lowest BCUT2D eigenvalue weighted by Crippen LogP contribution is -2.30. The highest BCUT2D eigenvalue weighted by atomic mass is 16.6. The van der Waals surface area contributed by atoms with Gasteiger partial charge in [-0.2, -0.15) is 0 Å². The Morgan fingerprint density at radius 1 is 1.12 bits per heavy atom. The van der Waals surface area contributed by atoms with Crippen LogP contribution >= 0.6 is 0 Å². The number of nitro groups is 1. The molecule has 0 saturated carbocycles. The van der Waals surface area contributed by atoms with Crippen molar-refractivity contribution in [2.24, 2.45) is 0 Å². The Kier molecular flexibility index (Phi) is 5.67. The van der Waals surface area contributed by atoms with Crippen LogP contribution in [-0.4, -0.2) is 30.0 Å². The van der Waals surface area contributed by atoms with Gasteiger partial charge in [0.25, 0.3) is 5.91 Å². The number of amides is 1. The fourth-order valence-electron chi connectivity index (χ4n) is 2.00. The minimum Gasteiger partial charge on any atom is -0.474 e. The topological polar surface area (TPSA) is 108 Å². The summed E-state index contributed by atoms with van der Waals surface area (Å²) in [4.78, 5) is 33.9. The second kappa shape index (κ2) is 7.91. The summed E-state index contributed by atoms with van der Waals surface area (Å²) >= 11 is 0. The number of anilines is 1. The van der Waals surface area contributed by atoms with Crippen LogP contribution in [0.25, 0.3) is 0 Å². The van der Waals surface area contributed by atoms with Crippen molar-refractivity contribution in [3.63, 3.8) is 0 Å². The molecule has 0 saturated heterocycles. The maximum absolute atomic E-state index is 12.2. The van der Waals surface area contributed by atoms with Crippen molar-refractivity contribution in [3.8, 4) is 5.75 Å². The zero-order valence-electron chi connectivity index (χ0n) is 13.6. The van der Waals surface area contributed by atoms with Crippen LogP contribution < -0.4 is 10.1 Å². The fraction of sp³-hybridized carbons (Fsp3) is 0.176. The van der Waals surface area contributed by atoms with Gasteiger partial charge in [-0.3, -0.25) is 14.9 Å². The van der Waals surface area contributed by atoms with E-state index in [0.29, 0.717) is 11.3 Å². The standard InChI is InChI=1S/C17H16N2O6/c1-11(25-15-6-4-3-5-14(15)19(22)23)16(20)18-13-9-7-12(8-10-13)17(21)24-2/h3-11H,1-2H3,(H,18,20). The average molecular weight is 344 g/mol. The van der Waals surface area contributed by atoms with Crippen LogP contribution in [0.15, 0.2) is 48.5 Å². The molecule has 1 amide bonds. The largest absolute Gasteiger partial charge is 0.474 e. The Morgan fingerprint density at radius 3 is 2.36 bits per heavy atom. The van der Waals surface area contributed by atoms with E-state index in [1.54, 1.807) is 18.2 Å². The van der Waals surface area contributed by atoms with Gasteiger partial charge in [0.1, 0.15) is 0 Å². The van der Waals surface area contributed by atoms with Gasteiger partial charge in [-0.1, -0.05) is 12.1 Å². The Labute approximate surface area is 143 Å². The number of esters is 1. The van der Waals surface area contributed by atoms with Gasteiger partial charge in [0, 0.05) is 11.8 Å². The van der Waals surface area contributed by atoms with Gasteiger partial charge in [0.15, 0.2) is 11.9 Å². The van der Waals surface area contributed by atoms with Crippen LogP contribution in [0.3, 0.4) is 0 Å². The quantitative estimate of drug-likeness (QED) is 0.490. The monoisotopic (exact) mass is 344 g/mol. The number of para-hydroxylation sites is 2. The minimum atomic E-state index is -0.957. The number of nitrogens with zero attached hydrogens (tertiary/aromatic N) is 1. The van der Waals surface area contributed by atoms with E-state index in [2.05, 4.69) is 10.1 Å². The van der Waals surface area contributed by atoms with Gasteiger partial charge in [-0.15, -0.1) is 0 Å².